The fourth-order valence-corrected chi connectivity index (χ4v) is 1.15. The molecule has 0 rings (SSSR count). The molecule has 0 saturated carbocycles. The lowest BCUT2D eigenvalue weighted by Crippen LogP contribution is -3.16. The minimum absolute atomic E-state index is 0.736. The molecule has 0 aliphatic rings. The maximum atomic E-state index is 3.88. The predicted octanol–water partition coefficient (Wildman–Crippen LogP) is -1.46. The molecule has 0 unspecified atom stereocenters. The number of likely N-dealkylation sites (N-methyl/N-ethyl adjacent to an activating group) is 1. The maximum Gasteiger partial charge on any atom is 0.134 e. The van der Waals surface area contributed by atoms with E-state index >= 15 is 0 Å². The molecule has 0 fully saturated rings. The van der Waals surface area contributed by atoms with Crippen LogP contribution in [-0.4, -0.2) is 25.7 Å². The van der Waals surface area contributed by atoms with E-state index in [0.29, 0.717) is 0 Å². The molecule has 0 aromatic heterocycles. The molecule has 4 N–H and O–H groups in total. The first-order valence-electron chi connectivity index (χ1n) is 3.90. The van der Waals surface area contributed by atoms with E-state index in [1.807, 2.05) is 0 Å². The van der Waals surface area contributed by atoms with Crippen LogP contribution in [0.1, 0.15) is 20.8 Å². The third-order valence-electron chi connectivity index (χ3n) is 2.04. The Kier molecular flexibility index (Phi) is 4.72. The van der Waals surface area contributed by atoms with Gasteiger partial charge in [-0.15, -0.1) is 0 Å². The van der Waals surface area contributed by atoms with Crippen molar-refractivity contribution >= 4 is 0 Å². The summed E-state index contributed by atoms with van der Waals surface area (Å²) in [7, 11) is 0. The molecule has 0 saturated heterocycles. The highest BCUT2D eigenvalue weighted by Gasteiger charge is 2.11. The Balaban J connectivity index is 3.50. The summed E-state index contributed by atoms with van der Waals surface area (Å²) in [6.45, 7) is 10.2. The second-order valence-electron chi connectivity index (χ2n) is 2.56. The lowest BCUT2D eigenvalue weighted by molar-refractivity contribution is -0.925. The fraction of sp³-hybridized carbons (Fsp3) is 1.00. The minimum atomic E-state index is 0.736. The third-order valence-corrected chi connectivity index (χ3v) is 2.04. The Hall–Kier alpha value is -0.0800. The van der Waals surface area contributed by atoms with Gasteiger partial charge in [-0.1, -0.05) is 0 Å². The summed E-state index contributed by atoms with van der Waals surface area (Å²) in [6, 6.07) is 0.736. The standard InChI is InChI=1S/C7H18N2/c1-4-9(5-2)7(3)6-8/h7H,4-6,8H2,1-3H3/p+2/t7-/m1/s1. The smallest absolute Gasteiger partial charge is 0.134 e. The lowest BCUT2D eigenvalue weighted by atomic mass is 10.3. The van der Waals surface area contributed by atoms with E-state index in [2.05, 4.69) is 26.5 Å². The zero-order valence-corrected chi connectivity index (χ0v) is 6.91. The van der Waals surface area contributed by atoms with Crippen molar-refractivity contribution in [3.63, 3.8) is 0 Å². The predicted molar refractivity (Wildman–Crippen MR) is 39.3 cm³/mol. The van der Waals surface area contributed by atoms with E-state index in [9.17, 15) is 0 Å². The van der Waals surface area contributed by atoms with E-state index in [1.54, 1.807) is 4.90 Å². The highest BCUT2D eigenvalue weighted by atomic mass is 15.1. The van der Waals surface area contributed by atoms with Gasteiger partial charge in [0, 0.05) is 0 Å². The monoisotopic (exact) mass is 132 g/mol. The van der Waals surface area contributed by atoms with Gasteiger partial charge in [0.15, 0.2) is 0 Å². The molecule has 2 heteroatoms. The fourth-order valence-electron chi connectivity index (χ4n) is 1.15. The van der Waals surface area contributed by atoms with Crippen LogP contribution in [0.4, 0.5) is 0 Å². The Bertz CT molecular complexity index is 59.9. The number of quaternary nitrogens is 2. The van der Waals surface area contributed by atoms with Crippen molar-refractivity contribution in [2.24, 2.45) is 0 Å². The molecule has 2 nitrogen and oxygen atoms in total. The number of hydrogen-bond donors (Lipinski definition) is 2. The van der Waals surface area contributed by atoms with Crippen molar-refractivity contribution in [3.8, 4) is 0 Å². The van der Waals surface area contributed by atoms with Crippen molar-refractivity contribution in [3.05, 3.63) is 0 Å². The summed E-state index contributed by atoms with van der Waals surface area (Å²) < 4.78 is 0. The van der Waals surface area contributed by atoms with E-state index < -0.39 is 0 Å². The van der Waals surface area contributed by atoms with Crippen LogP contribution in [0, 0.1) is 0 Å². The second kappa shape index (κ2) is 4.77. The summed E-state index contributed by atoms with van der Waals surface area (Å²) in [4.78, 5) is 1.66. The summed E-state index contributed by atoms with van der Waals surface area (Å²) in [6.07, 6.45) is 0. The number of nitrogens with one attached hydrogen (secondary N) is 1. The lowest BCUT2D eigenvalue weighted by Gasteiger charge is -2.19. The Morgan fingerprint density at radius 2 is 1.78 bits per heavy atom. The van der Waals surface area contributed by atoms with Gasteiger partial charge in [0.25, 0.3) is 0 Å². The van der Waals surface area contributed by atoms with E-state index in [-0.39, 0.29) is 0 Å². The highest BCUT2D eigenvalue weighted by Crippen LogP contribution is 1.64. The van der Waals surface area contributed by atoms with Crippen LogP contribution in [0.2, 0.25) is 0 Å². The van der Waals surface area contributed by atoms with Crippen LogP contribution in [0.25, 0.3) is 0 Å². The molecule has 0 amide bonds. The molecule has 0 spiro atoms. The SMILES string of the molecule is CC[NH+](CC)[C@H](C)C[NH3+]. The summed E-state index contributed by atoms with van der Waals surface area (Å²) >= 11 is 0. The first-order chi connectivity index (χ1) is 4.26. The molecule has 0 bridgehead atoms. The average molecular weight is 132 g/mol. The molecule has 56 valence electrons. The van der Waals surface area contributed by atoms with Gasteiger partial charge in [-0.05, 0) is 20.8 Å². The van der Waals surface area contributed by atoms with E-state index in [0.717, 1.165) is 12.6 Å². The third kappa shape index (κ3) is 2.82. The van der Waals surface area contributed by atoms with Crippen LogP contribution in [0.5, 0.6) is 0 Å². The van der Waals surface area contributed by atoms with E-state index in [4.69, 9.17) is 0 Å². The quantitative estimate of drug-likeness (QED) is 0.469. The minimum Gasteiger partial charge on any atom is -0.353 e. The summed E-state index contributed by atoms with van der Waals surface area (Å²) in [5.41, 5.74) is 3.88. The molecule has 0 aliphatic carbocycles. The normalized spacial score (nSPS) is 14.3. The zero-order valence-electron chi connectivity index (χ0n) is 6.91. The van der Waals surface area contributed by atoms with Gasteiger partial charge in [-0.3, -0.25) is 0 Å². The zero-order chi connectivity index (χ0) is 7.28. The van der Waals surface area contributed by atoms with Gasteiger partial charge in [0.2, 0.25) is 0 Å². The number of hydrogen-bond acceptors (Lipinski definition) is 0. The van der Waals surface area contributed by atoms with Crippen molar-refractivity contribution in [1.29, 1.82) is 0 Å². The first kappa shape index (κ1) is 8.92. The van der Waals surface area contributed by atoms with Crippen molar-refractivity contribution < 1.29 is 10.6 Å². The number of rotatable bonds is 4. The molecule has 0 heterocycles. The van der Waals surface area contributed by atoms with Crippen LogP contribution in [0.15, 0.2) is 0 Å². The largest absolute Gasteiger partial charge is 0.353 e. The molecular formula is C7H20N2+2. The Morgan fingerprint density at radius 1 is 1.33 bits per heavy atom. The topological polar surface area (TPSA) is 32.1 Å². The highest BCUT2D eigenvalue weighted by molar-refractivity contribution is 4.38. The molecule has 0 aliphatic heterocycles. The molecule has 0 aromatic rings. The van der Waals surface area contributed by atoms with Crippen LogP contribution < -0.4 is 10.6 Å². The van der Waals surface area contributed by atoms with Crippen molar-refractivity contribution in [2.75, 3.05) is 19.6 Å². The second-order valence-corrected chi connectivity index (χ2v) is 2.56. The molecule has 0 aromatic carbocycles. The summed E-state index contributed by atoms with van der Waals surface area (Å²) in [5, 5.41) is 0. The molecule has 0 radical (unpaired) electrons. The van der Waals surface area contributed by atoms with Crippen LogP contribution in [0.3, 0.4) is 0 Å². The Labute approximate surface area is 58.0 Å². The van der Waals surface area contributed by atoms with Gasteiger partial charge >= 0.3 is 0 Å². The van der Waals surface area contributed by atoms with Gasteiger partial charge < -0.3 is 10.6 Å². The van der Waals surface area contributed by atoms with Crippen LogP contribution >= 0.6 is 0 Å². The van der Waals surface area contributed by atoms with Gasteiger partial charge in [-0.25, -0.2) is 0 Å². The van der Waals surface area contributed by atoms with Gasteiger partial charge in [0.05, 0.1) is 13.1 Å². The molecule has 9 heavy (non-hydrogen) atoms. The first-order valence-corrected chi connectivity index (χ1v) is 3.90. The van der Waals surface area contributed by atoms with Gasteiger partial charge in [0.1, 0.15) is 12.6 Å². The average Bonchev–Trinajstić information content (AvgIpc) is 1.90. The molecular weight excluding hydrogens is 112 g/mol. The maximum absolute atomic E-state index is 3.88. The Morgan fingerprint density at radius 3 is 1.89 bits per heavy atom. The van der Waals surface area contributed by atoms with Crippen molar-refractivity contribution in [2.45, 2.75) is 26.8 Å². The van der Waals surface area contributed by atoms with E-state index in [1.165, 1.54) is 13.1 Å². The summed E-state index contributed by atoms with van der Waals surface area (Å²) in [5.74, 6) is 0. The van der Waals surface area contributed by atoms with Crippen LogP contribution in [-0.2, 0) is 0 Å². The van der Waals surface area contributed by atoms with Crippen molar-refractivity contribution in [1.82, 2.24) is 0 Å². The molecule has 1 atom stereocenters. The van der Waals surface area contributed by atoms with Gasteiger partial charge in [-0.2, -0.15) is 0 Å².